The molecule has 1 aliphatic rings. The van der Waals surface area contributed by atoms with Crippen molar-refractivity contribution in [2.45, 2.75) is 39.8 Å². The van der Waals surface area contributed by atoms with Crippen LogP contribution >= 0.6 is 0 Å². The first-order valence-corrected chi connectivity index (χ1v) is 9.07. The average molecular weight is 361 g/mol. The van der Waals surface area contributed by atoms with Crippen LogP contribution in [0, 0.1) is 6.92 Å². The van der Waals surface area contributed by atoms with Gasteiger partial charge in [-0.05, 0) is 51.4 Å². The number of fused-ring (bicyclic) bond motifs is 4. The van der Waals surface area contributed by atoms with Crippen LogP contribution in [0.4, 0.5) is 17.2 Å². The van der Waals surface area contributed by atoms with Gasteiger partial charge in [0.05, 0.1) is 12.7 Å². The third kappa shape index (κ3) is 2.19. The number of furan rings is 1. The maximum Gasteiger partial charge on any atom is 0.159 e. The Morgan fingerprint density at radius 1 is 1.15 bits per heavy atom. The van der Waals surface area contributed by atoms with E-state index in [0.717, 1.165) is 33.2 Å². The van der Waals surface area contributed by atoms with Crippen molar-refractivity contribution in [1.82, 2.24) is 4.98 Å². The fourth-order valence-corrected chi connectivity index (χ4v) is 4.18. The van der Waals surface area contributed by atoms with Crippen LogP contribution in [0.5, 0.6) is 0 Å². The van der Waals surface area contributed by atoms with Gasteiger partial charge in [-0.3, -0.25) is 0 Å². The summed E-state index contributed by atoms with van der Waals surface area (Å²) < 4.78 is 39.0. The molecule has 2 aromatic heterocycles. The molecule has 3 heterocycles. The first-order valence-electron chi connectivity index (χ1n) is 11.1. The molecule has 136 valence electrons. The van der Waals surface area contributed by atoms with Gasteiger partial charge in [-0.15, -0.1) is 0 Å². The van der Waals surface area contributed by atoms with E-state index in [2.05, 4.69) is 11.1 Å². The number of hydrogen-bond donors (Lipinski definition) is 0. The van der Waals surface area contributed by atoms with E-state index in [9.17, 15) is 0 Å². The van der Waals surface area contributed by atoms with Gasteiger partial charge < -0.3 is 14.2 Å². The number of rotatable bonds is 2. The van der Waals surface area contributed by atoms with E-state index in [1.165, 1.54) is 6.92 Å². The van der Waals surface area contributed by atoms with Gasteiger partial charge in [0.15, 0.2) is 11.4 Å². The number of aryl methyl sites for hydroxylation is 1. The highest BCUT2D eigenvalue weighted by Gasteiger charge is 2.38. The van der Waals surface area contributed by atoms with E-state index >= 15 is 0 Å². The monoisotopic (exact) mass is 361 g/mol. The Balaban J connectivity index is 1.79. The number of aromatic nitrogens is 1. The highest BCUT2D eigenvalue weighted by molar-refractivity contribution is 6.10. The molecule has 2 unspecified atom stereocenters. The van der Waals surface area contributed by atoms with Gasteiger partial charge in [0.1, 0.15) is 11.7 Å². The highest BCUT2D eigenvalue weighted by atomic mass is 16.3. The van der Waals surface area contributed by atoms with Crippen LogP contribution in [0.1, 0.15) is 31.7 Å². The molecule has 0 saturated heterocycles. The van der Waals surface area contributed by atoms with Crippen LogP contribution in [-0.2, 0) is 0 Å². The van der Waals surface area contributed by atoms with E-state index in [1.54, 1.807) is 17.2 Å². The Morgan fingerprint density at radius 3 is 2.85 bits per heavy atom. The standard InChI is InChI=1S/C23H23N3O/c1-14(2)25-16(4)26(23-19(25)9-7-13-24-23)21-15(3)11-12-18-17-8-5-6-10-20(17)27-22(18)21/h5-14,16H,1-4H3/i1D3,14D. The largest absolute Gasteiger partial charge is 0.454 e. The second-order valence-electron chi connectivity index (χ2n) is 7.01. The second kappa shape index (κ2) is 5.74. The van der Waals surface area contributed by atoms with Crippen LogP contribution in [-0.4, -0.2) is 17.2 Å². The van der Waals surface area contributed by atoms with E-state index in [-0.39, 0.29) is 0 Å². The predicted molar refractivity (Wildman–Crippen MR) is 112 cm³/mol. The molecule has 0 spiro atoms. The first-order chi connectivity index (χ1) is 14.6. The van der Waals surface area contributed by atoms with Crippen molar-refractivity contribution in [3.63, 3.8) is 0 Å². The van der Waals surface area contributed by atoms with Gasteiger partial charge in [0.2, 0.25) is 0 Å². The van der Waals surface area contributed by atoms with Gasteiger partial charge >= 0.3 is 0 Å². The average Bonchev–Trinajstić information content (AvgIpc) is 3.22. The first kappa shape index (κ1) is 12.4. The Hall–Kier alpha value is -3.01. The number of anilines is 3. The van der Waals surface area contributed by atoms with Crippen LogP contribution in [0.25, 0.3) is 21.9 Å². The van der Waals surface area contributed by atoms with E-state index in [4.69, 9.17) is 9.90 Å². The quantitative estimate of drug-likeness (QED) is 0.438. The lowest BCUT2D eigenvalue weighted by atomic mass is 10.1. The van der Waals surface area contributed by atoms with Gasteiger partial charge in [-0.2, -0.15) is 0 Å². The number of benzene rings is 2. The minimum Gasteiger partial charge on any atom is -0.454 e. The molecule has 4 nitrogen and oxygen atoms in total. The Bertz CT molecular complexity index is 1310. The SMILES string of the molecule is [2H]C([2H])([2H])C([2H])(C)N1c2cccnc2N(c2c(C)ccc3c2oc2ccccc23)C1C. The molecule has 27 heavy (non-hydrogen) atoms. The number of para-hydroxylation sites is 1. The predicted octanol–water partition coefficient (Wildman–Crippen LogP) is 6.00. The molecule has 0 aliphatic carbocycles. The lowest BCUT2D eigenvalue weighted by Gasteiger charge is -2.33. The molecule has 0 radical (unpaired) electrons. The summed E-state index contributed by atoms with van der Waals surface area (Å²) in [5.74, 6) is 0.619. The molecule has 4 heteroatoms. The van der Waals surface area contributed by atoms with E-state index < -0.39 is 19.0 Å². The molecule has 1 aliphatic heterocycles. The van der Waals surface area contributed by atoms with Gasteiger partial charge in [0, 0.05) is 27.1 Å². The molecule has 0 fully saturated rings. The lowest BCUT2D eigenvalue weighted by Crippen LogP contribution is -2.42. The Morgan fingerprint density at radius 2 is 2.00 bits per heavy atom. The molecule has 2 aromatic carbocycles. The number of pyridine rings is 1. The summed E-state index contributed by atoms with van der Waals surface area (Å²) in [6, 6.07) is 13.7. The molecule has 0 bridgehead atoms. The van der Waals surface area contributed by atoms with Crippen LogP contribution in [0.3, 0.4) is 0 Å². The topological polar surface area (TPSA) is 32.5 Å². The summed E-state index contributed by atoms with van der Waals surface area (Å²) in [7, 11) is 0. The fraction of sp³-hybridized carbons (Fsp3) is 0.261. The second-order valence-corrected chi connectivity index (χ2v) is 7.01. The van der Waals surface area contributed by atoms with Crippen LogP contribution in [0.15, 0.2) is 59.1 Å². The Kier molecular flexibility index (Phi) is 2.64. The summed E-state index contributed by atoms with van der Waals surface area (Å²) in [5.41, 5.74) is 3.97. The molecule has 4 aromatic rings. The summed E-state index contributed by atoms with van der Waals surface area (Å²) >= 11 is 0. The zero-order valence-corrected chi connectivity index (χ0v) is 15.5. The van der Waals surface area contributed by atoms with Gasteiger partial charge in [-0.1, -0.05) is 30.3 Å². The zero-order chi connectivity index (χ0) is 22.1. The summed E-state index contributed by atoms with van der Waals surface area (Å²) in [6.07, 6.45) is 1.23. The van der Waals surface area contributed by atoms with Crippen LogP contribution < -0.4 is 9.80 Å². The fourth-order valence-electron chi connectivity index (χ4n) is 4.18. The van der Waals surface area contributed by atoms with Gasteiger partial charge in [0.25, 0.3) is 0 Å². The van der Waals surface area contributed by atoms with Crippen molar-refractivity contribution < 1.29 is 9.90 Å². The summed E-state index contributed by atoms with van der Waals surface area (Å²) in [4.78, 5) is 8.21. The maximum absolute atomic E-state index is 8.78. The molecule has 0 saturated carbocycles. The van der Waals surface area contributed by atoms with Crippen molar-refractivity contribution in [2.24, 2.45) is 0 Å². The zero-order valence-electron chi connectivity index (χ0n) is 19.5. The van der Waals surface area contributed by atoms with Gasteiger partial charge in [-0.25, -0.2) is 4.98 Å². The van der Waals surface area contributed by atoms with Crippen LogP contribution in [0.2, 0.25) is 0 Å². The van der Waals surface area contributed by atoms with Crippen molar-refractivity contribution in [2.75, 3.05) is 9.80 Å². The normalized spacial score (nSPS) is 21.5. The molecular formula is C23H23N3O. The minimum absolute atomic E-state index is 0.453. The molecule has 5 rings (SSSR count). The number of nitrogens with zero attached hydrogens (tertiary/aromatic N) is 3. The van der Waals surface area contributed by atoms with Crippen molar-refractivity contribution in [3.05, 3.63) is 60.3 Å². The summed E-state index contributed by atoms with van der Waals surface area (Å²) in [5, 5.41) is 2.01. The lowest BCUT2D eigenvalue weighted by molar-refractivity contribution is 0.602. The summed E-state index contributed by atoms with van der Waals surface area (Å²) in [6.45, 7) is 2.83. The van der Waals surface area contributed by atoms with Crippen molar-refractivity contribution >= 4 is 39.1 Å². The smallest absolute Gasteiger partial charge is 0.159 e. The Labute approximate surface area is 164 Å². The van der Waals surface area contributed by atoms with E-state index in [0.29, 0.717) is 11.5 Å². The van der Waals surface area contributed by atoms with Crippen molar-refractivity contribution in [3.8, 4) is 0 Å². The highest BCUT2D eigenvalue weighted by Crippen LogP contribution is 2.47. The maximum atomic E-state index is 8.78. The molecule has 0 amide bonds. The number of hydrogen-bond acceptors (Lipinski definition) is 4. The third-order valence-electron chi connectivity index (χ3n) is 5.33. The minimum atomic E-state index is -2.51. The molecule has 0 N–H and O–H groups in total. The molecule has 2 atom stereocenters. The third-order valence-corrected chi connectivity index (χ3v) is 5.33. The van der Waals surface area contributed by atoms with E-state index in [1.807, 2.05) is 55.1 Å². The van der Waals surface area contributed by atoms with Crippen molar-refractivity contribution in [1.29, 1.82) is 0 Å². The molecular weight excluding hydrogens is 334 g/mol.